The van der Waals surface area contributed by atoms with Crippen molar-refractivity contribution in [3.05, 3.63) is 0 Å². The van der Waals surface area contributed by atoms with Crippen LogP contribution >= 0.6 is 11.8 Å². The number of amides is 4. The van der Waals surface area contributed by atoms with Gasteiger partial charge in [-0.15, -0.1) is 4.99 Å². The van der Waals surface area contributed by atoms with Crippen molar-refractivity contribution < 1.29 is 14.3 Å². The molecule has 0 radical (unpaired) electrons. The van der Waals surface area contributed by atoms with Gasteiger partial charge in [-0.2, -0.15) is 11.8 Å². The average Bonchev–Trinajstić information content (AvgIpc) is 2.47. The maximum absolute atomic E-state index is 11.8. The van der Waals surface area contributed by atoms with Crippen LogP contribution in [0.2, 0.25) is 0 Å². The van der Waals surface area contributed by atoms with Crippen molar-refractivity contribution >= 4 is 29.8 Å². The first-order valence-corrected chi connectivity index (χ1v) is 8.52. The number of nitrogens with zero attached hydrogens (tertiary/aromatic N) is 1. The lowest BCUT2D eigenvalue weighted by Crippen LogP contribution is -2.42. The van der Waals surface area contributed by atoms with Gasteiger partial charge in [-0.25, -0.2) is 9.59 Å². The lowest BCUT2D eigenvalue weighted by atomic mass is 9.96. The Morgan fingerprint density at radius 1 is 1.29 bits per heavy atom. The van der Waals surface area contributed by atoms with Crippen molar-refractivity contribution in [2.24, 2.45) is 4.99 Å². The van der Waals surface area contributed by atoms with E-state index in [1.165, 1.54) is 13.5 Å². The van der Waals surface area contributed by atoms with Crippen molar-refractivity contribution in [1.82, 2.24) is 16.0 Å². The molecule has 1 aliphatic carbocycles. The first kappa shape index (κ1) is 17.6. The van der Waals surface area contributed by atoms with Crippen LogP contribution < -0.4 is 16.0 Å². The molecule has 0 spiro atoms. The molecule has 0 bridgehead atoms. The molecular weight excluding hydrogens is 292 g/mol. The van der Waals surface area contributed by atoms with E-state index in [0.717, 1.165) is 31.4 Å². The Balaban J connectivity index is 2.38. The van der Waals surface area contributed by atoms with Crippen molar-refractivity contribution in [3.8, 4) is 0 Å². The van der Waals surface area contributed by atoms with E-state index in [4.69, 9.17) is 4.74 Å². The number of amidine groups is 1. The lowest BCUT2D eigenvalue weighted by molar-refractivity contribution is 0.238. The van der Waals surface area contributed by atoms with Crippen LogP contribution in [-0.4, -0.2) is 49.8 Å². The second kappa shape index (κ2) is 10.3. The first-order chi connectivity index (χ1) is 10.2. The van der Waals surface area contributed by atoms with E-state index >= 15 is 0 Å². The Morgan fingerprint density at radius 2 is 2.00 bits per heavy atom. The summed E-state index contributed by atoms with van der Waals surface area (Å²) in [5.41, 5.74) is 0. The van der Waals surface area contributed by atoms with Crippen LogP contribution in [0.4, 0.5) is 9.59 Å². The van der Waals surface area contributed by atoms with E-state index in [0.29, 0.717) is 6.54 Å². The van der Waals surface area contributed by atoms with Gasteiger partial charge < -0.3 is 15.4 Å². The van der Waals surface area contributed by atoms with Crippen LogP contribution in [0.25, 0.3) is 0 Å². The van der Waals surface area contributed by atoms with Gasteiger partial charge >= 0.3 is 18.1 Å². The van der Waals surface area contributed by atoms with E-state index in [2.05, 4.69) is 20.9 Å². The molecule has 120 valence electrons. The van der Waals surface area contributed by atoms with Gasteiger partial charge in [0.05, 0.1) is 7.11 Å². The Hall–Kier alpha value is -1.44. The fourth-order valence-electron chi connectivity index (χ4n) is 2.08. The zero-order chi connectivity index (χ0) is 15.5. The maximum atomic E-state index is 11.8. The number of rotatable bonds is 4. The Bertz CT molecular complexity index is 370. The normalized spacial score (nSPS) is 16.2. The van der Waals surface area contributed by atoms with Crippen LogP contribution in [0, 0.1) is 0 Å². The highest BCUT2D eigenvalue weighted by molar-refractivity contribution is 7.98. The van der Waals surface area contributed by atoms with Crippen molar-refractivity contribution in [1.29, 1.82) is 0 Å². The first-order valence-electron chi connectivity index (χ1n) is 7.12. The van der Waals surface area contributed by atoms with E-state index in [1.807, 2.05) is 6.26 Å². The van der Waals surface area contributed by atoms with Crippen LogP contribution in [0.5, 0.6) is 0 Å². The quantitative estimate of drug-likeness (QED) is 0.418. The molecule has 1 saturated carbocycles. The van der Waals surface area contributed by atoms with Gasteiger partial charge in [0, 0.05) is 18.3 Å². The number of carbonyl (C=O) groups excluding carboxylic acids is 2. The summed E-state index contributed by atoms with van der Waals surface area (Å²) >= 11 is 1.63. The lowest BCUT2D eigenvalue weighted by Gasteiger charge is -2.21. The third-order valence-electron chi connectivity index (χ3n) is 3.14. The molecule has 0 aromatic heterocycles. The molecule has 0 aromatic rings. The molecule has 8 heteroatoms. The topological polar surface area (TPSA) is 91.8 Å². The highest BCUT2D eigenvalue weighted by atomic mass is 32.2. The molecule has 0 saturated heterocycles. The minimum atomic E-state index is -0.483. The SMILES string of the molecule is COC(=NC(=O)NC1CCCCC1)NC(=O)NCCSC. The number of urea groups is 2. The van der Waals surface area contributed by atoms with E-state index < -0.39 is 12.1 Å². The molecule has 21 heavy (non-hydrogen) atoms. The smallest absolute Gasteiger partial charge is 0.345 e. The summed E-state index contributed by atoms with van der Waals surface area (Å²) in [6.07, 6.45) is 7.39. The Morgan fingerprint density at radius 3 is 2.62 bits per heavy atom. The summed E-state index contributed by atoms with van der Waals surface area (Å²) in [6, 6.07) is -0.855. The Kier molecular flexibility index (Phi) is 8.65. The fraction of sp³-hybridized carbons (Fsp3) is 0.769. The maximum Gasteiger partial charge on any atom is 0.345 e. The zero-order valence-electron chi connectivity index (χ0n) is 12.6. The number of methoxy groups -OCH3 is 1. The van der Waals surface area contributed by atoms with Crippen LogP contribution in [0.15, 0.2) is 4.99 Å². The van der Waals surface area contributed by atoms with E-state index in [1.54, 1.807) is 11.8 Å². The van der Waals surface area contributed by atoms with Crippen LogP contribution in [0.3, 0.4) is 0 Å². The third-order valence-corrected chi connectivity index (χ3v) is 3.75. The van der Waals surface area contributed by atoms with Crippen molar-refractivity contribution in [3.63, 3.8) is 0 Å². The van der Waals surface area contributed by atoms with Gasteiger partial charge in [0.15, 0.2) is 0 Å². The summed E-state index contributed by atoms with van der Waals surface area (Å²) in [4.78, 5) is 27.0. The van der Waals surface area contributed by atoms with E-state index in [-0.39, 0.29) is 12.1 Å². The summed E-state index contributed by atoms with van der Waals surface area (Å²) in [5.74, 6) is 0.815. The molecule has 0 aromatic carbocycles. The highest BCUT2D eigenvalue weighted by Crippen LogP contribution is 2.17. The van der Waals surface area contributed by atoms with Crippen LogP contribution in [0.1, 0.15) is 32.1 Å². The van der Waals surface area contributed by atoms with Gasteiger partial charge in [0.2, 0.25) is 0 Å². The van der Waals surface area contributed by atoms with Crippen molar-refractivity contribution in [2.45, 2.75) is 38.1 Å². The van der Waals surface area contributed by atoms with Gasteiger partial charge in [-0.1, -0.05) is 19.3 Å². The molecule has 0 aliphatic heterocycles. The Labute approximate surface area is 129 Å². The largest absolute Gasteiger partial charge is 0.468 e. The summed E-state index contributed by atoms with van der Waals surface area (Å²) in [5, 5.41) is 7.87. The number of nitrogens with one attached hydrogen (secondary N) is 3. The van der Waals surface area contributed by atoms with Gasteiger partial charge in [0.25, 0.3) is 0 Å². The molecule has 1 fully saturated rings. The number of hydrogen-bond acceptors (Lipinski definition) is 4. The minimum Gasteiger partial charge on any atom is -0.468 e. The molecule has 0 heterocycles. The number of ether oxygens (including phenoxy) is 1. The zero-order valence-corrected chi connectivity index (χ0v) is 13.4. The second-order valence-electron chi connectivity index (χ2n) is 4.78. The monoisotopic (exact) mass is 316 g/mol. The summed E-state index contributed by atoms with van der Waals surface area (Å²) in [6.45, 7) is 0.540. The van der Waals surface area contributed by atoms with Crippen LogP contribution in [-0.2, 0) is 4.74 Å². The van der Waals surface area contributed by atoms with E-state index in [9.17, 15) is 9.59 Å². The molecule has 0 atom stereocenters. The minimum absolute atomic E-state index is 0.107. The van der Waals surface area contributed by atoms with Gasteiger partial charge in [0.1, 0.15) is 0 Å². The second-order valence-corrected chi connectivity index (χ2v) is 5.76. The molecule has 1 aliphatic rings. The predicted octanol–water partition coefficient (Wildman–Crippen LogP) is 1.69. The molecule has 3 N–H and O–H groups in total. The number of thioether (sulfide) groups is 1. The predicted molar refractivity (Wildman–Crippen MR) is 84.8 cm³/mol. The van der Waals surface area contributed by atoms with Gasteiger partial charge in [-0.3, -0.25) is 5.32 Å². The molecule has 1 rings (SSSR count). The summed E-state index contributed by atoms with van der Waals surface area (Å²) in [7, 11) is 1.36. The molecule has 7 nitrogen and oxygen atoms in total. The van der Waals surface area contributed by atoms with Gasteiger partial charge in [-0.05, 0) is 19.1 Å². The summed E-state index contributed by atoms with van der Waals surface area (Å²) < 4.78 is 4.90. The van der Waals surface area contributed by atoms with Crippen molar-refractivity contribution in [2.75, 3.05) is 25.7 Å². The number of hydrogen-bond donors (Lipinski definition) is 3. The molecule has 4 amide bonds. The highest BCUT2D eigenvalue weighted by Gasteiger charge is 2.16. The molecule has 0 unspecified atom stereocenters. The number of carbonyl (C=O) groups is 2. The number of aliphatic imine (C=N–C) groups is 1. The third kappa shape index (κ3) is 7.79. The standard InChI is InChI=1S/C13H24N4O3S/c1-20-13(16-11(18)14-8-9-21-2)17-12(19)15-10-6-4-3-5-7-10/h10H,3-9H2,1-2H3,(H3,14,15,16,17,18,19). The fourth-order valence-corrected chi connectivity index (χ4v) is 2.38. The average molecular weight is 316 g/mol. The molecular formula is C13H24N4O3S.